The van der Waals surface area contributed by atoms with Gasteiger partial charge >= 0.3 is 0 Å². The van der Waals surface area contributed by atoms with Crippen LogP contribution in [0.1, 0.15) is 19.0 Å². The lowest BCUT2D eigenvalue weighted by atomic mass is 10.3. The Morgan fingerprint density at radius 3 is 2.75 bits per heavy atom. The van der Waals surface area contributed by atoms with Crippen molar-refractivity contribution in [3.63, 3.8) is 0 Å². The van der Waals surface area contributed by atoms with E-state index in [0.29, 0.717) is 17.6 Å². The molecule has 0 radical (unpaired) electrons. The molecular formula is C10H13ClN4O. The summed E-state index contributed by atoms with van der Waals surface area (Å²) in [6.07, 6.45) is 0.837. The molecule has 0 amide bonds. The number of fused-ring (bicyclic) bond motifs is 1. The van der Waals surface area contributed by atoms with E-state index in [9.17, 15) is 4.79 Å². The lowest BCUT2D eigenvalue weighted by Crippen LogP contribution is -2.23. The summed E-state index contributed by atoms with van der Waals surface area (Å²) in [4.78, 5) is 16.4. The van der Waals surface area contributed by atoms with Crippen LogP contribution in [0.4, 0.5) is 0 Å². The average molecular weight is 241 g/mol. The Morgan fingerprint density at radius 2 is 2.12 bits per heavy atom. The minimum Gasteiger partial charge on any atom is -0.281 e. The molecular weight excluding hydrogens is 228 g/mol. The first kappa shape index (κ1) is 11.1. The lowest BCUT2D eigenvalue weighted by molar-refractivity contribution is 0.643. The van der Waals surface area contributed by atoms with Crippen LogP contribution in [-0.4, -0.2) is 19.3 Å². The summed E-state index contributed by atoms with van der Waals surface area (Å²) >= 11 is 5.98. The Bertz CT molecular complexity index is 599. The highest BCUT2D eigenvalue weighted by Crippen LogP contribution is 2.14. The van der Waals surface area contributed by atoms with Crippen molar-refractivity contribution in [2.45, 2.75) is 26.8 Å². The summed E-state index contributed by atoms with van der Waals surface area (Å²) in [5.41, 5.74) is 1.69. The molecule has 0 aliphatic rings. The van der Waals surface area contributed by atoms with Gasteiger partial charge in [0.2, 0.25) is 5.28 Å². The predicted molar refractivity (Wildman–Crippen MR) is 62.8 cm³/mol. The van der Waals surface area contributed by atoms with Gasteiger partial charge < -0.3 is 0 Å². The van der Waals surface area contributed by atoms with Crippen LogP contribution < -0.4 is 5.56 Å². The number of rotatable bonds is 2. The van der Waals surface area contributed by atoms with Gasteiger partial charge in [0.1, 0.15) is 5.52 Å². The van der Waals surface area contributed by atoms with Crippen LogP contribution in [0.15, 0.2) is 4.79 Å². The molecule has 2 aromatic rings. The van der Waals surface area contributed by atoms with Crippen molar-refractivity contribution in [1.29, 1.82) is 0 Å². The van der Waals surface area contributed by atoms with E-state index in [-0.39, 0.29) is 10.8 Å². The van der Waals surface area contributed by atoms with Gasteiger partial charge in [-0.1, -0.05) is 6.92 Å². The normalized spacial score (nSPS) is 11.2. The highest BCUT2D eigenvalue weighted by molar-refractivity contribution is 6.28. The van der Waals surface area contributed by atoms with E-state index in [4.69, 9.17) is 11.6 Å². The third-order valence-corrected chi connectivity index (χ3v) is 2.80. The third-order valence-electron chi connectivity index (χ3n) is 2.51. The quantitative estimate of drug-likeness (QED) is 0.748. The Hall–Kier alpha value is -1.36. The second-order valence-electron chi connectivity index (χ2n) is 3.74. The van der Waals surface area contributed by atoms with Crippen LogP contribution in [0.3, 0.4) is 0 Å². The molecule has 2 aromatic heterocycles. The molecule has 0 aliphatic heterocycles. The van der Waals surface area contributed by atoms with E-state index in [2.05, 4.69) is 10.1 Å². The van der Waals surface area contributed by atoms with Gasteiger partial charge in [0.15, 0.2) is 5.52 Å². The average Bonchev–Trinajstić information content (AvgIpc) is 2.49. The Morgan fingerprint density at radius 1 is 1.44 bits per heavy atom. The molecule has 0 fully saturated rings. The molecule has 16 heavy (non-hydrogen) atoms. The van der Waals surface area contributed by atoms with Gasteiger partial charge in [-0.15, -0.1) is 0 Å². The Labute approximate surface area is 97.7 Å². The summed E-state index contributed by atoms with van der Waals surface area (Å²) in [5.74, 6) is 0. The first-order valence-electron chi connectivity index (χ1n) is 5.16. The zero-order valence-corrected chi connectivity index (χ0v) is 10.2. The summed E-state index contributed by atoms with van der Waals surface area (Å²) in [5, 5.41) is 4.41. The molecule has 0 aliphatic carbocycles. The molecule has 5 nitrogen and oxygen atoms in total. The van der Waals surface area contributed by atoms with Crippen molar-refractivity contribution < 1.29 is 0 Å². The summed E-state index contributed by atoms with van der Waals surface area (Å²) in [6, 6.07) is 0. The highest BCUT2D eigenvalue weighted by atomic mass is 35.5. The zero-order chi connectivity index (χ0) is 11.9. The summed E-state index contributed by atoms with van der Waals surface area (Å²) in [6.45, 7) is 4.38. The van der Waals surface area contributed by atoms with E-state index in [0.717, 1.165) is 12.1 Å². The van der Waals surface area contributed by atoms with E-state index in [1.54, 1.807) is 11.7 Å². The fraction of sp³-hybridized carbons (Fsp3) is 0.500. The molecule has 0 unspecified atom stereocenters. The molecule has 86 valence electrons. The molecule has 2 rings (SSSR count). The maximum absolute atomic E-state index is 12.2. The van der Waals surface area contributed by atoms with E-state index in [1.165, 1.54) is 4.57 Å². The number of aromatic nitrogens is 4. The van der Waals surface area contributed by atoms with Crippen LogP contribution in [0.5, 0.6) is 0 Å². The number of hydrogen-bond acceptors (Lipinski definition) is 3. The monoisotopic (exact) mass is 240 g/mol. The predicted octanol–water partition coefficient (Wildman–Crippen LogP) is 1.50. The molecule has 6 heteroatoms. The first-order chi connectivity index (χ1) is 7.56. The van der Waals surface area contributed by atoms with Crippen molar-refractivity contribution in [1.82, 2.24) is 19.3 Å². The van der Waals surface area contributed by atoms with Gasteiger partial charge in [-0.25, -0.2) is 4.98 Å². The standard InChI is InChI=1S/C10H13ClN4O/c1-4-5-15-9(16)8-7(12-10(15)11)6(2)13-14(8)3/h4-5H2,1-3H3. The van der Waals surface area contributed by atoms with Crippen molar-refractivity contribution >= 4 is 22.6 Å². The van der Waals surface area contributed by atoms with Crippen molar-refractivity contribution in [2.24, 2.45) is 7.05 Å². The largest absolute Gasteiger partial charge is 0.281 e. The second-order valence-corrected chi connectivity index (χ2v) is 4.08. The minimum atomic E-state index is -0.125. The Balaban J connectivity index is 2.87. The first-order valence-corrected chi connectivity index (χ1v) is 5.53. The molecule has 2 heterocycles. The molecule has 0 spiro atoms. The fourth-order valence-corrected chi connectivity index (χ4v) is 2.05. The smallest absolute Gasteiger partial charge is 0.280 e. The van der Waals surface area contributed by atoms with E-state index >= 15 is 0 Å². The van der Waals surface area contributed by atoms with Gasteiger partial charge in [-0.05, 0) is 24.9 Å². The number of halogens is 1. The molecule has 0 saturated carbocycles. The minimum absolute atomic E-state index is 0.125. The molecule has 0 atom stereocenters. The van der Waals surface area contributed by atoms with Crippen molar-refractivity contribution in [3.05, 3.63) is 21.3 Å². The van der Waals surface area contributed by atoms with Crippen LogP contribution in [0.2, 0.25) is 5.28 Å². The zero-order valence-electron chi connectivity index (χ0n) is 9.49. The van der Waals surface area contributed by atoms with Gasteiger partial charge in [-0.2, -0.15) is 5.10 Å². The maximum Gasteiger partial charge on any atom is 0.280 e. The van der Waals surface area contributed by atoms with Gasteiger partial charge in [0.25, 0.3) is 5.56 Å². The lowest BCUT2D eigenvalue weighted by Gasteiger charge is -2.06. The van der Waals surface area contributed by atoms with Crippen molar-refractivity contribution in [3.8, 4) is 0 Å². The van der Waals surface area contributed by atoms with Gasteiger partial charge in [0.05, 0.1) is 5.69 Å². The van der Waals surface area contributed by atoms with Gasteiger partial charge in [0, 0.05) is 13.6 Å². The summed E-state index contributed by atoms with van der Waals surface area (Å²) < 4.78 is 3.04. The summed E-state index contributed by atoms with van der Waals surface area (Å²) in [7, 11) is 1.74. The third kappa shape index (κ3) is 1.51. The topological polar surface area (TPSA) is 52.7 Å². The molecule has 0 bridgehead atoms. The fourth-order valence-electron chi connectivity index (χ4n) is 1.80. The van der Waals surface area contributed by atoms with Crippen LogP contribution in [0.25, 0.3) is 11.0 Å². The highest BCUT2D eigenvalue weighted by Gasteiger charge is 2.14. The Kier molecular flexibility index (Phi) is 2.71. The molecule has 0 N–H and O–H groups in total. The number of nitrogens with zero attached hydrogens (tertiary/aromatic N) is 4. The number of hydrogen-bond donors (Lipinski definition) is 0. The number of aryl methyl sites for hydroxylation is 2. The van der Waals surface area contributed by atoms with Crippen molar-refractivity contribution in [2.75, 3.05) is 0 Å². The van der Waals surface area contributed by atoms with Crippen LogP contribution >= 0.6 is 11.6 Å². The molecule has 0 aromatic carbocycles. The SMILES string of the molecule is CCCn1c(Cl)nc2c(C)nn(C)c2c1=O. The van der Waals surface area contributed by atoms with Crippen LogP contribution in [-0.2, 0) is 13.6 Å². The van der Waals surface area contributed by atoms with E-state index < -0.39 is 0 Å². The molecule has 0 saturated heterocycles. The van der Waals surface area contributed by atoms with Crippen LogP contribution in [0, 0.1) is 6.92 Å². The van der Waals surface area contributed by atoms with Gasteiger partial charge in [-0.3, -0.25) is 14.0 Å². The second kappa shape index (κ2) is 3.90. The maximum atomic E-state index is 12.2. The van der Waals surface area contributed by atoms with E-state index in [1.807, 2.05) is 13.8 Å².